The zero-order valence-corrected chi connectivity index (χ0v) is 37.8. The third-order valence-electron chi connectivity index (χ3n) is 12.4. The summed E-state index contributed by atoms with van der Waals surface area (Å²) in [6.45, 7) is 12.5. The van der Waals surface area contributed by atoms with Crippen LogP contribution in [0.4, 0.5) is 5.69 Å². The Morgan fingerprint density at radius 2 is 1.54 bits per heavy atom. The van der Waals surface area contributed by atoms with Crippen LogP contribution < -0.4 is 25.4 Å². The molecule has 0 aliphatic heterocycles. The van der Waals surface area contributed by atoms with E-state index in [0.717, 1.165) is 49.9 Å². The maximum atomic E-state index is 14.9. The highest BCUT2D eigenvalue weighted by atomic mass is 16.6. The molecular weight excluding hydrogens is 777 g/mol. The molecule has 3 aromatic rings. The van der Waals surface area contributed by atoms with Gasteiger partial charge in [0, 0.05) is 18.8 Å². The third kappa shape index (κ3) is 10.2. The van der Waals surface area contributed by atoms with Crippen LogP contribution in [0.5, 0.6) is 11.5 Å². The molecule has 0 radical (unpaired) electrons. The topological polar surface area (TPSA) is 160 Å². The number of benzene rings is 2. The number of carbonyl (C=O) groups excluding carboxylic acids is 3. The van der Waals surface area contributed by atoms with Crippen molar-refractivity contribution in [2.75, 3.05) is 79.3 Å². The molecule has 1 aromatic heterocycles. The molecule has 4 aliphatic rings. The third-order valence-corrected chi connectivity index (χ3v) is 12.4. The summed E-state index contributed by atoms with van der Waals surface area (Å²) in [5, 5.41) is 8.39. The number of aromatic nitrogens is 2. The first-order valence-electron chi connectivity index (χ1n) is 21.9. The van der Waals surface area contributed by atoms with Crippen molar-refractivity contribution in [2.24, 2.45) is 29.4 Å². The van der Waals surface area contributed by atoms with Gasteiger partial charge in [0.05, 0.1) is 51.0 Å². The van der Waals surface area contributed by atoms with E-state index in [2.05, 4.69) is 24.1 Å². The molecule has 3 N–H and O–H groups in total. The van der Waals surface area contributed by atoms with Gasteiger partial charge in [0.1, 0.15) is 29.2 Å². The summed E-state index contributed by atoms with van der Waals surface area (Å²) >= 11 is 0. The minimum Gasteiger partial charge on any atom is -0.496 e. The average molecular weight is 845 g/mol. The number of hydrogen-bond acceptors (Lipinski definition) is 11. The monoisotopic (exact) mass is 845 g/mol. The highest BCUT2D eigenvalue weighted by Gasteiger charge is 2.63. The van der Waals surface area contributed by atoms with Crippen LogP contribution in [-0.2, 0) is 23.8 Å². The number of amides is 2. The number of methoxy groups -OCH3 is 2. The van der Waals surface area contributed by atoms with Crippen molar-refractivity contribution in [1.29, 1.82) is 0 Å². The Bertz CT molecular complexity index is 1950. The molecule has 0 saturated heterocycles. The number of anilines is 1. The summed E-state index contributed by atoms with van der Waals surface area (Å²) in [5.74, 6) is 1.16. The number of hydrogen-bond donors (Lipinski definition) is 2. The van der Waals surface area contributed by atoms with Crippen LogP contribution in [0, 0.1) is 23.7 Å². The summed E-state index contributed by atoms with van der Waals surface area (Å²) in [7, 11) is 7.21. The first-order valence-corrected chi connectivity index (χ1v) is 21.9. The Morgan fingerprint density at radius 1 is 0.902 bits per heavy atom. The van der Waals surface area contributed by atoms with Crippen LogP contribution in [0.3, 0.4) is 0 Å². The van der Waals surface area contributed by atoms with Gasteiger partial charge < -0.3 is 44.5 Å². The number of nitrogens with zero attached hydrogens (tertiary/aromatic N) is 4. The quantitative estimate of drug-likeness (QED) is 0.0982. The summed E-state index contributed by atoms with van der Waals surface area (Å²) in [6, 6.07) is 13.2. The van der Waals surface area contributed by atoms with Crippen LogP contribution >= 0.6 is 0 Å². The maximum Gasteiger partial charge on any atom is 0.332 e. The molecule has 0 spiro atoms. The van der Waals surface area contributed by atoms with Gasteiger partial charge in [-0.3, -0.25) is 9.59 Å². The van der Waals surface area contributed by atoms with E-state index in [-0.39, 0.29) is 48.5 Å². The van der Waals surface area contributed by atoms with Crippen molar-refractivity contribution in [3.8, 4) is 28.4 Å². The molecule has 4 aliphatic carbocycles. The summed E-state index contributed by atoms with van der Waals surface area (Å²) in [6.07, 6.45) is 5.49. The molecule has 7 rings (SSSR count). The Labute approximate surface area is 361 Å². The fourth-order valence-corrected chi connectivity index (χ4v) is 9.94. The standard InChI is InChI=1S/C47H68N6O8/c1-30(2)36-27-35(52(18-11-17-51(6)7)42(54)29-60-21-20-59-19-16-48)14-15-38(36)53-39(43-40(57-8)12-10-13-41(43)58-9)28-37(50-53)44(55)49-47(45(56)61-46(3,4)5)33-23-31-22-32(25-33)26-34(47)24-31/h10,12-15,27-28,30-34H,11,16-26,29,48H2,1-9H3,(H,49,55). The number of nitrogens with two attached hydrogens (primary N) is 1. The largest absolute Gasteiger partial charge is 0.496 e. The predicted octanol–water partition coefficient (Wildman–Crippen LogP) is 6.22. The minimum absolute atomic E-state index is 0.0169. The van der Waals surface area contributed by atoms with Crippen molar-refractivity contribution in [1.82, 2.24) is 20.0 Å². The van der Waals surface area contributed by atoms with Gasteiger partial charge in [-0.2, -0.15) is 5.10 Å². The first-order chi connectivity index (χ1) is 29.1. The number of carbonyl (C=O) groups is 3. The minimum atomic E-state index is -1.15. The lowest BCUT2D eigenvalue weighted by atomic mass is 9.48. The van der Waals surface area contributed by atoms with E-state index in [4.69, 9.17) is 34.5 Å². The molecule has 0 atom stereocenters. The highest BCUT2D eigenvalue weighted by Crippen LogP contribution is 2.59. The van der Waals surface area contributed by atoms with Crippen LogP contribution in [0.2, 0.25) is 0 Å². The normalized spacial score (nSPS) is 21.8. The number of ether oxygens (including phenoxy) is 5. The average Bonchev–Trinajstić information content (AvgIpc) is 3.65. The van der Waals surface area contributed by atoms with Gasteiger partial charge >= 0.3 is 5.97 Å². The molecule has 2 amide bonds. The van der Waals surface area contributed by atoms with Crippen LogP contribution in [0.25, 0.3) is 16.9 Å². The summed E-state index contributed by atoms with van der Waals surface area (Å²) < 4.78 is 30.9. The predicted molar refractivity (Wildman–Crippen MR) is 235 cm³/mol. The van der Waals surface area contributed by atoms with Gasteiger partial charge in [0.25, 0.3) is 11.8 Å². The number of nitrogens with one attached hydrogen (secondary N) is 1. The second-order valence-electron chi connectivity index (χ2n) is 18.5. The Hall–Kier alpha value is -4.50. The van der Waals surface area contributed by atoms with Crippen LogP contribution in [0.1, 0.15) is 95.1 Å². The molecule has 4 fully saturated rings. The molecule has 4 saturated carbocycles. The van der Waals surface area contributed by atoms with Gasteiger partial charge in [0.2, 0.25) is 0 Å². The summed E-state index contributed by atoms with van der Waals surface area (Å²) in [4.78, 5) is 47.0. The fourth-order valence-electron chi connectivity index (χ4n) is 9.94. The second-order valence-corrected chi connectivity index (χ2v) is 18.5. The van der Waals surface area contributed by atoms with Gasteiger partial charge in [0.15, 0.2) is 5.69 Å². The molecule has 0 unspecified atom stereocenters. The van der Waals surface area contributed by atoms with E-state index >= 15 is 0 Å². The Kier molecular flexibility index (Phi) is 14.9. The zero-order chi connectivity index (χ0) is 44.1. The molecule has 14 heteroatoms. The molecular formula is C47H68N6O8. The Morgan fingerprint density at radius 3 is 2.11 bits per heavy atom. The van der Waals surface area contributed by atoms with Crippen LogP contribution in [0.15, 0.2) is 42.5 Å². The smallest absolute Gasteiger partial charge is 0.332 e. The van der Waals surface area contributed by atoms with Crippen molar-refractivity contribution < 1.29 is 38.1 Å². The summed E-state index contributed by atoms with van der Waals surface area (Å²) in [5.41, 5.74) is 7.31. The lowest BCUT2D eigenvalue weighted by Crippen LogP contribution is -2.71. The van der Waals surface area contributed by atoms with E-state index in [0.29, 0.717) is 66.6 Å². The molecule has 1 heterocycles. The van der Waals surface area contributed by atoms with E-state index in [1.807, 2.05) is 71.3 Å². The Balaban J connectivity index is 1.42. The molecule has 14 nitrogen and oxygen atoms in total. The SMILES string of the molecule is COc1cccc(OC)c1-c1cc(C(=O)NC2(C(=O)OC(C)(C)C)C3CC4CC(C3)CC2C4)nn1-c1ccc(N(CCCN(C)C)C(=O)COCCOCCN)cc1C(C)C. The molecule has 334 valence electrons. The second kappa shape index (κ2) is 19.7. The van der Waals surface area contributed by atoms with Crippen molar-refractivity contribution >= 4 is 23.5 Å². The maximum absolute atomic E-state index is 14.9. The van der Waals surface area contributed by atoms with Crippen molar-refractivity contribution in [3.05, 3.63) is 53.7 Å². The molecule has 4 bridgehead atoms. The fraction of sp³-hybridized carbons (Fsp3) is 0.617. The van der Waals surface area contributed by atoms with Crippen molar-refractivity contribution in [3.63, 3.8) is 0 Å². The molecule has 2 aromatic carbocycles. The van der Waals surface area contributed by atoms with Gasteiger partial charge in [-0.15, -0.1) is 0 Å². The van der Waals surface area contributed by atoms with Gasteiger partial charge in [-0.05, 0) is 151 Å². The lowest BCUT2D eigenvalue weighted by Gasteiger charge is -2.59. The first kappa shape index (κ1) is 46.0. The number of rotatable bonds is 20. The highest BCUT2D eigenvalue weighted by molar-refractivity contribution is 5.99. The van der Waals surface area contributed by atoms with Gasteiger partial charge in [-0.25, -0.2) is 9.48 Å². The van der Waals surface area contributed by atoms with E-state index in [1.54, 1.807) is 29.9 Å². The van der Waals surface area contributed by atoms with E-state index in [9.17, 15) is 14.4 Å². The lowest BCUT2D eigenvalue weighted by molar-refractivity contribution is -0.180. The van der Waals surface area contributed by atoms with Crippen molar-refractivity contribution in [2.45, 2.75) is 90.2 Å². The molecule has 61 heavy (non-hydrogen) atoms. The zero-order valence-electron chi connectivity index (χ0n) is 37.8. The number of esters is 1. The van der Waals surface area contributed by atoms with Crippen LogP contribution in [-0.4, -0.2) is 118 Å². The van der Waals surface area contributed by atoms with E-state index in [1.165, 1.54) is 6.42 Å². The van der Waals surface area contributed by atoms with E-state index < -0.39 is 17.0 Å². The van der Waals surface area contributed by atoms with Gasteiger partial charge in [-0.1, -0.05) is 19.9 Å².